The Labute approximate surface area is 134 Å². The lowest BCUT2D eigenvalue weighted by Crippen LogP contribution is -2.36. The average Bonchev–Trinajstić information content (AvgIpc) is 3.23. The Morgan fingerprint density at radius 2 is 2.18 bits per heavy atom. The van der Waals surface area contributed by atoms with Crippen molar-refractivity contribution in [3.8, 4) is 0 Å². The standard InChI is InChI=1S/C17H19N3OS/c21-17-8-16-15(20(17)11-13-2-1-5-18-9-13)3-6-19(16)10-14-4-7-22-12-14/h1-2,4-5,7,9,12,15-16H,3,6,8,10-11H2. The molecule has 2 unspecified atom stereocenters. The summed E-state index contributed by atoms with van der Waals surface area (Å²) in [5.74, 6) is 0.286. The molecule has 2 aliphatic heterocycles. The SMILES string of the molecule is O=C1CC2C(CCN2Cc2ccsc2)N1Cc1cccnc1. The maximum absolute atomic E-state index is 12.4. The van der Waals surface area contributed by atoms with Crippen LogP contribution in [0, 0.1) is 0 Å². The maximum atomic E-state index is 12.4. The third-order valence-corrected chi connectivity index (χ3v) is 5.50. The molecular weight excluding hydrogens is 294 g/mol. The number of carbonyl (C=O) groups excluding carboxylic acids is 1. The molecule has 0 aromatic carbocycles. The fourth-order valence-electron chi connectivity index (χ4n) is 3.72. The summed E-state index contributed by atoms with van der Waals surface area (Å²) in [7, 11) is 0. The van der Waals surface area contributed by atoms with E-state index < -0.39 is 0 Å². The molecule has 2 saturated heterocycles. The van der Waals surface area contributed by atoms with E-state index >= 15 is 0 Å². The first-order valence-electron chi connectivity index (χ1n) is 7.75. The van der Waals surface area contributed by atoms with Crippen LogP contribution in [0.25, 0.3) is 0 Å². The molecule has 0 spiro atoms. The number of likely N-dealkylation sites (tertiary alicyclic amines) is 2. The van der Waals surface area contributed by atoms with Gasteiger partial charge in [-0.15, -0.1) is 0 Å². The summed E-state index contributed by atoms with van der Waals surface area (Å²) in [6, 6.07) is 6.91. The summed E-state index contributed by atoms with van der Waals surface area (Å²) in [4.78, 5) is 21.1. The summed E-state index contributed by atoms with van der Waals surface area (Å²) >= 11 is 1.74. The van der Waals surface area contributed by atoms with Gasteiger partial charge < -0.3 is 4.90 Å². The number of hydrogen-bond acceptors (Lipinski definition) is 4. The first-order chi connectivity index (χ1) is 10.8. The van der Waals surface area contributed by atoms with Crippen LogP contribution in [0.5, 0.6) is 0 Å². The number of aromatic nitrogens is 1. The fraction of sp³-hybridized carbons (Fsp3) is 0.412. The minimum absolute atomic E-state index is 0.286. The van der Waals surface area contributed by atoms with Gasteiger partial charge in [0.25, 0.3) is 0 Å². The van der Waals surface area contributed by atoms with Crippen molar-refractivity contribution in [3.63, 3.8) is 0 Å². The topological polar surface area (TPSA) is 36.4 Å². The summed E-state index contributed by atoms with van der Waals surface area (Å²) < 4.78 is 0. The van der Waals surface area contributed by atoms with E-state index in [2.05, 4.69) is 31.6 Å². The minimum Gasteiger partial charge on any atom is -0.334 e. The van der Waals surface area contributed by atoms with Crippen molar-refractivity contribution in [2.75, 3.05) is 6.54 Å². The molecule has 0 aliphatic carbocycles. The smallest absolute Gasteiger partial charge is 0.224 e. The molecule has 2 atom stereocenters. The highest BCUT2D eigenvalue weighted by Crippen LogP contribution is 2.34. The number of nitrogens with zero attached hydrogens (tertiary/aromatic N) is 3. The van der Waals surface area contributed by atoms with Crippen LogP contribution in [0.1, 0.15) is 24.0 Å². The highest BCUT2D eigenvalue weighted by molar-refractivity contribution is 7.07. The summed E-state index contributed by atoms with van der Waals surface area (Å²) in [6.45, 7) is 2.75. The van der Waals surface area contributed by atoms with Crippen LogP contribution < -0.4 is 0 Å². The highest BCUT2D eigenvalue weighted by Gasteiger charge is 2.46. The van der Waals surface area contributed by atoms with E-state index in [-0.39, 0.29) is 5.91 Å². The number of rotatable bonds is 4. The van der Waals surface area contributed by atoms with E-state index in [0.29, 0.717) is 25.0 Å². The van der Waals surface area contributed by atoms with Crippen LogP contribution in [-0.2, 0) is 17.9 Å². The van der Waals surface area contributed by atoms with Gasteiger partial charge in [0.05, 0.1) is 0 Å². The van der Waals surface area contributed by atoms with Gasteiger partial charge in [-0.25, -0.2) is 0 Å². The molecule has 0 bridgehead atoms. The maximum Gasteiger partial charge on any atom is 0.224 e. The summed E-state index contributed by atoms with van der Waals surface area (Å²) in [6.07, 6.45) is 5.38. The van der Waals surface area contributed by atoms with Crippen LogP contribution in [0.3, 0.4) is 0 Å². The Hall–Kier alpha value is -1.72. The molecule has 4 nitrogen and oxygen atoms in total. The zero-order chi connectivity index (χ0) is 14.9. The van der Waals surface area contributed by atoms with Gasteiger partial charge in [0.1, 0.15) is 0 Å². The molecule has 2 aromatic rings. The molecular formula is C17H19N3OS. The molecule has 4 rings (SSSR count). The van der Waals surface area contributed by atoms with Gasteiger partial charge in [0.15, 0.2) is 0 Å². The van der Waals surface area contributed by atoms with Gasteiger partial charge in [-0.1, -0.05) is 6.07 Å². The van der Waals surface area contributed by atoms with E-state index in [1.54, 1.807) is 17.5 Å². The second-order valence-corrected chi connectivity index (χ2v) is 6.89. The summed E-state index contributed by atoms with van der Waals surface area (Å²) in [5.41, 5.74) is 2.48. The Kier molecular flexibility index (Phi) is 3.68. The first-order valence-corrected chi connectivity index (χ1v) is 8.69. The highest BCUT2D eigenvalue weighted by atomic mass is 32.1. The molecule has 2 aromatic heterocycles. The fourth-order valence-corrected chi connectivity index (χ4v) is 4.38. The van der Waals surface area contributed by atoms with Crippen LogP contribution in [0.15, 0.2) is 41.4 Å². The molecule has 0 radical (unpaired) electrons. The zero-order valence-electron chi connectivity index (χ0n) is 12.4. The van der Waals surface area contributed by atoms with Gasteiger partial charge >= 0.3 is 0 Å². The van der Waals surface area contributed by atoms with Crippen LogP contribution >= 0.6 is 11.3 Å². The molecule has 5 heteroatoms. The monoisotopic (exact) mass is 313 g/mol. The van der Waals surface area contributed by atoms with Gasteiger partial charge in [0, 0.05) is 50.5 Å². The zero-order valence-corrected chi connectivity index (χ0v) is 13.2. The van der Waals surface area contributed by atoms with Gasteiger partial charge in [-0.3, -0.25) is 14.7 Å². The number of fused-ring (bicyclic) bond motifs is 1. The van der Waals surface area contributed by atoms with E-state index in [1.807, 2.05) is 18.3 Å². The average molecular weight is 313 g/mol. The van der Waals surface area contributed by atoms with Crippen molar-refractivity contribution in [1.29, 1.82) is 0 Å². The lowest BCUT2D eigenvalue weighted by Gasteiger charge is -2.25. The second kappa shape index (κ2) is 5.82. The summed E-state index contributed by atoms with van der Waals surface area (Å²) in [5, 5.41) is 4.33. The third-order valence-electron chi connectivity index (χ3n) is 4.77. The molecule has 0 N–H and O–H groups in total. The van der Waals surface area contributed by atoms with Crippen LogP contribution in [-0.4, -0.2) is 39.3 Å². The largest absolute Gasteiger partial charge is 0.334 e. The van der Waals surface area contributed by atoms with E-state index in [0.717, 1.165) is 25.1 Å². The Morgan fingerprint density at radius 1 is 1.23 bits per heavy atom. The lowest BCUT2D eigenvalue weighted by atomic mass is 10.1. The molecule has 2 aliphatic rings. The van der Waals surface area contributed by atoms with Gasteiger partial charge in [-0.05, 0) is 40.4 Å². The van der Waals surface area contributed by atoms with Crippen molar-refractivity contribution in [1.82, 2.24) is 14.8 Å². The molecule has 2 fully saturated rings. The van der Waals surface area contributed by atoms with E-state index in [9.17, 15) is 4.79 Å². The Bertz CT molecular complexity index is 643. The second-order valence-electron chi connectivity index (χ2n) is 6.11. The van der Waals surface area contributed by atoms with Gasteiger partial charge in [0.2, 0.25) is 5.91 Å². The molecule has 22 heavy (non-hydrogen) atoms. The van der Waals surface area contributed by atoms with Crippen molar-refractivity contribution in [3.05, 3.63) is 52.5 Å². The van der Waals surface area contributed by atoms with E-state index in [1.165, 1.54) is 5.56 Å². The van der Waals surface area contributed by atoms with Crippen molar-refractivity contribution >= 4 is 17.2 Å². The number of amides is 1. The van der Waals surface area contributed by atoms with Crippen molar-refractivity contribution in [2.24, 2.45) is 0 Å². The number of carbonyl (C=O) groups is 1. The van der Waals surface area contributed by atoms with Gasteiger partial charge in [-0.2, -0.15) is 11.3 Å². The number of pyridine rings is 1. The number of thiophene rings is 1. The van der Waals surface area contributed by atoms with Crippen LogP contribution in [0.4, 0.5) is 0 Å². The molecule has 4 heterocycles. The third kappa shape index (κ3) is 2.55. The predicted octanol–water partition coefficient (Wildman–Crippen LogP) is 2.52. The Balaban J connectivity index is 1.47. The van der Waals surface area contributed by atoms with Crippen molar-refractivity contribution < 1.29 is 4.79 Å². The molecule has 114 valence electrons. The normalized spacial score (nSPS) is 24.9. The lowest BCUT2D eigenvalue weighted by molar-refractivity contribution is -0.129. The molecule has 1 amide bonds. The van der Waals surface area contributed by atoms with Crippen LogP contribution in [0.2, 0.25) is 0 Å². The predicted molar refractivity (Wildman–Crippen MR) is 86.3 cm³/mol. The molecule has 0 saturated carbocycles. The van der Waals surface area contributed by atoms with E-state index in [4.69, 9.17) is 0 Å². The first kappa shape index (κ1) is 13.9. The number of hydrogen-bond donors (Lipinski definition) is 0. The van der Waals surface area contributed by atoms with Crippen molar-refractivity contribution in [2.45, 2.75) is 38.0 Å². The minimum atomic E-state index is 0.286. The quantitative estimate of drug-likeness (QED) is 0.870. The Morgan fingerprint density at radius 3 is 2.95 bits per heavy atom.